The highest BCUT2D eigenvalue weighted by Crippen LogP contribution is 2.06. The van der Waals surface area contributed by atoms with Crippen molar-refractivity contribution in [2.45, 2.75) is 40.0 Å². The molecule has 0 unspecified atom stereocenters. The number of rotatable bonds is 8. The topological polar surface area (TPSA) is 47.0 Å². The summed E-state index contributed by atoms with van der Waals surface area (Å²) >= 11 is 0. The Hall–Kier alpha value is -1.16. The van der Waals surface area contributed by atoms with Crippen LogP contribution in [0.4, 0.5) is 5.82 Å². The maximum Gasteiger partial charge on any atom is 0.130 e. The molecule has 1 rings (SSSR count). The largest absolute Gasteiger partial charge is 0.380 e. The van der Waals surface area contributed by atoms with Crippen molar-refractivity contribution in [3.8, 4) is 0 Å². The molecule has 4 heteroatoms. The van der Waals surface area contributed by atoms with Crippen molar-refractivity contribution in [1.29, 1.82) is 0 Å². The van der Waals surface area contributed by atoms with Gasteiger partial charge in [-0.25, -0.2) is 9.97 Å². The van der Waals surface area contributed by atoms with Gasteiger partial charge in [0.1, 0.15) is 11.6 Å². The minimum atomic E-state index is 0.727. The molecular formula is C13H23N3O. The van der Waals surface area contributed by atoms with Gasteiger partial charge in [0.2, 0.25) is 0 Å². The Labute approximate surface area is 104 Å². The fraction of sp³-hybridized carbons (Fsp3) is 0.692. The maximum atomic E-state index is 5.48. The van der Waals surface area contributed by atoms with Gasteiger partial charge in [0.25, 0.3) is 0 Å². The normalized spacial score (nSPS) is 10.5. The molecule has 0 aliphatic carbocycles. The third-order valence-electron chi connectivity index (χ3n) is 2.41. The molecule has 0 saturated heterocycles. The van der Waals surface area contributed by atoms with E-state index in [1.165, 1.54) is 6.42 Å². The maximum absolute atomic E-state index is 5.48. The van der Waals surface area contributed by atoms with E-state index in [1.807, 2.05) is 13.0 Å². The van der Waals surface area contributed by atoms with E-state index in [4.69, 9.17) is 4.74 Å². The highest BCUT2D eigenvalue weighted by molar-refractivity contribution is 5.35. The lowest BCUT2D eigenvalue weighted by molar-refractivity contribution is 0.141. The molecule has 17 heavy (non-hydrogen) atoms. The summed E-state index contributed by atoms with van der Waals surface area (Å²) in [5.74, 6) is 1.79. The molecule has 0 radical (unpaired) electrons. The van der Waals surface area contributed by atoms with E-state index in [-0.39, 0.29) is 0 Å². The van der Waals surface area contributed by atoms with E-state index >= 15 is 0 Å². The van der Waals surface area contributed by atoms with Crippen molar-refractivity contribution in [3.63, 3.8) is 0 Å². The van der Waals surface area contributed by atoms with Crippen molar-refractivity contribution >= 4 is 5.82 Å². The van der Waals surface area contributed by atoms with Gasteiger partial charge in [0, 0.05) is 31.3 Å². The third-order valence-corrected chi connectivity index (χ3v) is 2.41. The number of anilines is 1. The fourth-order valence-electron chi connectivity index (χ4n) is 1.48. The zero-order valence-electron chi connectivity index (χ0n) is 11.1. The van der Waals surface area contributed by atoms with Crippen LogP contribution in [0, 0.1) is 6.92 Å². The molecule has 1 heterocycles. The van der Waals surface area contributed by atoms with Gasteiger partial charge in [-0.05, 0) is 13.3 Å². The molecule has 1 aromatic heterocycles. The standard InChI is InChI=1S/C13H23N3O/c1-4-6-8-17-9-7-14-13-10-11(3)15-12(5-2)16-13/h10H,4-9H2,1-3H3,(H,14,15,16). The van der Waals surface area contributed by atoms with Crippen LogP contribution < -0.4 is 5.32 Å². The summed E-state index contributed by atoms with van der Waals surface area (Å²) in [7, 11) is 0. The minimum Gasteiger partial charge on any atom is -0.380 e. The molecule has 0 spiro atoms. The molecule has 1 N–H and O–H groups in total. The van der Waals surface area contributed by atoms with E-state index in [1.54, 1.807) is 0 Å². The first-order valence-electron chi connectivity index (χ1n) is 6.42. The number of aryl methyl sites for hydroxylation is 2. The van der Waals surface area contributed by atoms with Crippen molar-refractivity contribution in [2.75, 3.05) is 25.1 Å². The summed E-state index contributed by atoms with van der Waals surface area (Å²) in [6, 6.07) is 1.96. The average molecular weight is 237 g/mol. The Morgan fingerprint density at radius 2 is 2.06 bits per heavy atom. The van der Waals surface area contributed by atoms with Gasteiger partial charge in [0.05, 0.1) is 6.61 Å². The molecule has 0 aromatic carbocycles. The number of hydrogen-bond donors (Lipinski definition) is 1. The number of unbranched alkanes of at least 4 members (excludes halogenated alkanes) is 1. The molecule has 0 atom stereocenters. The smallest absolute Gasteiger partial charge is 0.130 e. The van der Waals surface area contributed by atoms with Gasteiger partial charge in [-0.3, -0.25) is 0 Å². The van der Waals surface area contributed by atoms with Gasteiger partial charge in [-0.2, -0.15) is 0 Å². The second-order valence-corrected chi connectivity index (χ2v) is 4.06. The van der Waals surface area contributed by atoms with E-state index in [0.717, 1.165) is 49.9 Å². The van der Waals surface area contributed by atoms with Crippen LogP contribution in [0.15, 0.2) is 6.07 Å². The molecule has 96 valence electrons. The highest BCUT2D eigenvalue weighted by Gasteiger charge is 1.99. The second kappa shape index (κ2) is 8.01. The molecular weight excluding hydrogens is 214 g/mol. The second-order valence-electron chi connectivity index (χ2n) is 4.06. The lowest BCUT2D eigenvalue weighted by Gasteiger charge is -2.08. The van der Waals surface area contributed by atoms with Gasteiger partial charge < -0.3 is 10.1 Å². The van der Waals surface area contributed by atoms with Gasteiger partial charge in [-0.1, -0.05) is 20.3 Å². The Morgan fingerprint density at radius 1 is 1.24 bits per heavy atom. The van der Waals surface area contributed by atoms with Crippen molar-refractivity contribution < 1.29 is 4.74 Å². The monoisotopic (exact) mass is 237 g/mol. The lowest BCUT2D eigenvalue weighted by atomic mass is 10.3. The SMILES string of the molecule is CCCCOCCNc1cc(C)nc(CC)n1. The van der Waals surface area contributed by atoms with Gasteiger partial charge >= 0.3 is 0 Å². The fourth-order valence-corrected chi connectivity index (χ4v) is 1.48. The zero-order valence-corrected chi connectivity index (χ0v) is 11.1. The van der Waals surface area contributed by atoms with E-state index < -0.39 is 0 Å². The predicted octanol–water partition coefficient (Wildman–Crippen LogP) is 2.58. The molecule has 0 fully saturated rings. The van der Waals surface area contributed by atoms with Crippen LogP contribution in [0.1, 0.15) is 38.2 Å². The molecule has 0 amide bonds. The van der Waals surface area contributed by atoms with Crippen LogP contribution in [0.25, 0.3) is 0 Å². The van der Waals surface area contributed by atoms with Crippen molar-refractivity contribution in [2.24, 2.45) is 0 Å². The number of nitrogens with zero attached hydrogens (tertiary/aromatic N) is 2. The Morgan fingerprint density at radius 3 is 2.76 bits per heavy atom. The number of aromatic nitrogens is 2. The summed E-state index contributed by atoms with van der Waals surface area (Å²) < 4.78 is 5.48. The minimum absolute atomic E-state index is 0.727. The van der Waals surface area contributed by atoms with Crippen LogP contribution in [0.2, 0.25) is 0 Å². The molecule has 0 saturated carbocycles. The van der Waals surface area contributed by atoms with Crippen molar-refractivity contribution in [1.82, 2.24) is 9.97 Å². The van der Waals surface area contributed by atoms with Crippen LogP contribution in [-0.4, -0.2) is 29.7 Å². The zero-order chi connectivity index (χ0) is 12.5. The van der Waals surface area contributed by atoms with Gasteiger partial charge in [0.15, 0.2) is 0 Å². The first kappa shape index (κ1) is 13.9. The quantitative estimate of drug-likeness (QED) is 0.706. The molecule has 4 nitrogen and oxygen atoms in total. The molecule has 0 aliphatic rings. The van der Waals surface area contributed by atoms with Crippen LogP contribution in [0.5, 0.6) is 0 Å². The molecule has 1 aromatic rings. The summed E-state index contributed by atoms with van der Waals surface area (Å²) in [6.07, 6.45) is 3.17. The number of ether oxygens (including phenoxy) is 1. The summed E-state index contributed by atoms with van der Waals surface area (Å²) in [4.78, 5) is 8.75. The third kappa shape index (κ3) is 5.63. The van der Waals surface area contributed by atoms with Crippen LogP contribution in [-0.2, 0) is 11.2 Å². The molecule has 0 bridgehead atoms. The van der Waals surface area contributed by atoms with Crippen LogP contribution >= 0.6 is 0 Å². The van der Waals surface area contributed by atoms with E-state index in [0.29, 0.717) is 0 Å². The highest BCUT2D eigenvalue weighted by atomic mass is 16.5. The summed E-state index contributed by atoms with van der Waals surface area (Å²) in [5.41, 5.74) is 1.01. The van der Waals surface area contributed by atoms with Gasteiger partial charge in [-0.15, -0.1) is 0 Å². The average Bonchev–Trinajstić information content (AvgIpc) is 2.33. The lowest BCUT2D eigenvalue weighted by Crippen LogP contribution is -2.12. The Bertz CT molecular complexity index is 328. The first-order valence-corrected chi connectivity index (χ1v) is 6.42. The number of nitrogens with one attached hydrogen (secondary N) is 1. The number of hydrogen-bond acceptors (Lipinski definition) is 4. The predicted molar refractivity (Wildman–Crippen MR) is 70.4 cm³/mol. The summed E-state index contributed by atoms with van der Waals surface area (Å²) in [6.45, 7) is 8.59. The van der Waals surface area contributed by atoms with Crippen LogP contribution in [0.3, 0.4) is 0 Å². The van der Waals surface area contributed by atoms with E-state index in [9.17, 15) is 0 Å². The summed E-state index contributed by atoms with van der Waals surface area (Å²) in [5, 5.41) is 3.26. The Kier molecular flexibility index (Phi) is 6.55. The Balaban J connectivity index is 2.28. The molecule has 0 aliphatic heterocycles. The van der Waals surface area contributed by atoms with Crippen molar-refractivity contribution in [3.05, 3.63) is 17.6 Å². The first-order chi connectivity index (χ1) is 8.26. The van der Waals surface area contributed by atoms with E-state index in [2.05, 4.69) is 29.1 Å².